The summed E-state index contributed by atoms with van der Waals surface area (Å²) in [5, 5.41) is 0. The van der Waals surface area contributed by atoms with Crippen LogP contribution in [0.2, 0.25) is 0 Å². The molecule has 0 spiro atoms. The Bertz CT molecular complexity index is 330. The highest BCUT2D eigenvalue weighted by atomic mass is 16.6. The lowest BCUT2D eigenvalue weighted by Gasteiger charge is -2.06. The summed E-state index contributed by atoms with van der Waals surface area (Å²) in [4.78, 5) is 11.4. The lowest BCUT2D eigenvalue weighted by molar-refractivity contribution is 0.0402. The van der Waals surface area contributed by atoms with Gasteiger partial charge in [-0.05, 0) is 19.1 Å². The van der Waals surface area contributed by atoms with E-state index in [1.807, 2.05) is 6.07 Å². The van der Waals surface area contributed by atoms with Crippen LogP contribution in [-0.4, -0.2) is 19.2 Å². The van der Waals surface area contributed by atoms with Gasteiger partial charge in [-0.15, -0.1) is 0 Å². The molecule has 0 heterocycles. The lowest BCUT2D eigenvalue weighted by Crippen LogP contribution is -2.10. The minimum absolute atomic E-state index is 0.237. The quantitative estimate of drug-likeness (QED) is 0.421. The van der Waals surface area contributed by atoms with Crippen LogP contribution in [-0.2, 0) is 9.47 Å². The molecule has 0 unspecified atom stereocenters. The molecule has 3 heteroatoms. The van der Waals surface area contributed by atoms with Crippen LogP contribution in [0.1, 0.15) is 17.3 Å². The summed E-state index contributed by atoms with van der Waals surface area (Å²) in [5.74, 6) is 0.284. The number of ether oxygens (including phenoxy) is 2. The zero-order chi connectivity index (χ0) is 11.1. The van der Waals surface area contributed by atoms with E-state index in [4.69, 9.17) is 9.47 Å². The molecule has 0 aliphatic carbocycles. The molecule has 0 amide bonds. The second-order valence-electron chi connectivity index (χ2n) is 3.05. The Morgan fingerprint density at radius 2 is 1.80 bits per heavy atom. The summed E-state index contributed by atoms with van der Waals surface area (Å²) >= 11 is 0. The number of carbonyl (C=O) groups is 1. The Morgan fingerprint density at radius 3 is 2.40 bits per heavy atom. The monoisotopic (exact) mass is 206 g/mol. The number of rotatable bonds is 5. The molecule has 1 rings (SSSR count). The first kappa shape index (κ1) is 11.3. The molecule has 0 saturated carbocycles. The van der Waals surface area contributed by atoms with Crippen molar-refractivity contribution in [3.63, 3.8) is 0 Å². The fraction of sp³-hybridized carbons (Fsp3) is 0.250. The van der Waals surface area contributed by atoms with Gasteiger partial charge in [0.15, 0.2) is 0 Å². The SMILES string of the molecule is C=C(C)OCCOC(=O)c1ccccc1. The van der Waals surface area contributed by atoms with Crippen molar-refractivity contribution in [1.29, 1.82) is 0 Å². The standard InChI is InChI=1S/C12H14O3/c1-10(2)14-8-9-15-12(13)11-6-4-3-5-7-11/h3-7H,1,8-9H2,2H3. The van der Waals surface area contributed by atoms with Gasteiger partial charge < -0.3 is 9.47 Å². The van der Waals surface area contributed by atoms with E-state index in [9.17, 15) is 4.79 Å². The van der Waals surface area contributed by atoms with E-state index in [2.05, 4.69) is 6.58 Å². The number of hydrogen-bond acceptors (Lipinski definition) is 3. The highest BCUT2D eigenvalue weighted by molar-refractivity contribution is 5.89. The maximum Gasteiger partial charge on any atom is 0.338 e. The Labute approximate surface area is 89.3 Å². The summed E-state index contributed by atoms with van der Waals surface area (Å²) in [5.41, 5.74) is 0.549. The van der Waals surface area contributed by atoms with Crippen molar-refractivity contribution in [3.8, 4) is 0 Å². The zero-order valence-electron chi connectivity index (χ0n) is 8.73. The van der Waals surface area contributed by atoms with Crippen molar-refractivity contribution < 1.29 is 14.3 Å². The van der Waals surface area contributed by atoms with Crippen LogP contribution >= 0.6 is 0 Å². The average Bonchev–Trinajstić information content (AvgIpc) is 2.25. The fourth-order valence-corrected chi connectivity index (χ4v) is 1.01. The van der Waals surface area contributed by atoms with Gasteiger partial charge >= 0.3 is 5.97 Å². The second kappa shape index (κ2) is 5.86. The number of benzene rings is 1. The van der Waals surface area contributed by atoms with Crippen LogP contribution in [0.25, 0.3) is 0 Å². The Morgan fingerprint density at radius 1 is 1.20 bits per heavy atom. The third kappa shape index (κ3) is 4.31. The van der Waals surface area contributed by atoms with Crippen molar-refractivity contribution in [3.05, 3.63) is 48.2 Å². The van der Waals surface area contributed by atoms with Crippen molar-refractivity contribution in [1.82, 2.24) is 0 Å². The predicted molar refractivity (Wildman–Crippen MR) is 57.5 cm³/mol. The first-order valence-electron chi connectivity index (χ1n) is 4.70. The van der Waals surface area contributed by atoms with Crippen molar-refractivity contribution in [2.24, 2.45) is 0 Å². The van der Waals surface area contributed by atoms with Gasteiger partial charge in [0.25, 0.3) is 0 Å². The predicted octanol–water partition coefficient (Wildman–Crippen LogP) is 2.39. The Kier molecular flexibility index (Phi) is 4.41. The molecule has 0 aliphatic heterocycles. The van der Waals surface area contributed by atoms with E-state index < -0.39 is 0 Å². The van der Waals surface area contributed by atoms with E-state index >= 15 is 0 Å². The lowest BCUT2D eigenvalue weighted by atomic mass is 10.2. The maximum absolute atomic E-state index is 11.4. The second-order valence-corrected chi connectivity index (χ2v) is 3.05. The molecule has 0 fully saturated rings. The molecule has 15 heavy (non-hydrogen) atoms. The summed E-state index contributed by atoms with van der Waals surface area (Å²) in [6, 6.07) is 8.85. The normalized spacial score (nSPS) is 9.40. The van der Waals surface area contributed by atoms with Gasteiger partial charge in [0, 0.05) is 0 Å². The first-order chi connectivity index (χ1) is 7.20. The maximum atomic E-state index is 11.4. The molecule has 0 aromatic heterocycles. The number of carbonyl (C=O) groups excluding carboxylic acids is 1. The van der Waals surface area contributed by atoms with Crippen molar-refractivity contribution >= 4 is 5.97 Å². The van der Waals surface area contributed by atoms with Crippen LogP contribution in [0.15, 0.2) is 42.7 Å². The minimum Gasteiger partial charge on any atom is -0.495 e. The number of esters is 1. The van der Waals surface area contributed by atoms with Crippen LogP contribution in [0, 0.1) is 0 Å². The van der Waals surface area contributed by atoms with Crippen LogP contribution in [0.3, 0.4) is 0 Å². The van der Waals surface area contributed by atoms with E-state index in [1.54, 1.807) is 31.2 Å². The van der Waals surface area contributed by atoms with Gasteiger partial charge in [0.05, 0.1) is 11.3 Å². The molecule has 0 atom stereocenters. The molecule has 0 N–H and O–H groups in total. The van der Waals surface area contributed by atoms with Gasteiger partial charge in [0.2, 0.25) is 0 Å². The van der Waals surface area contributed by atoms with Crippen LogP contribution in [0.4, 0.5) is 0 Å². The highest BCUT2D eigenvalue weighted by Crippen LogP contribution is 2.01. The van der Waals surface area contributed by atoms with Crippen LogP contribution in [0.5, 0.6) is 0 Å². The summed E-state index contributed by atoms with van der Waals surface area (Å²) in [6.07, 6.45) is 0. The van der Waals surface area contributed by atoms with E-state index in [-0.39, 0.29) is 12.6 Å². The minimum atomic E-state index is -0.332. The fourth-order valence-electron chi connectivity index (χ4n) is 1.01. The van der Waals surface area contributed by atoms with Gasteiger partial charge in [-0.2, -0.15) is 0 Å². The van der Waals surface area contributed by atoms with Gasteiger partial charge in [-0.25, -0.2) is 4.79 Å². The largest absolute Gasteiger partial charge is 0.495 e. The number of allylic oxidation sites excluding steroid dienone is 1. The van der Waals surface area contributed by atoms with Crippen molar-refractivity contribution in [2.45, 2.75) is 6.92 Å². The number of hydrogen-bond donors (Lipinski definition) is 0. The van der Waals surface area contributed by atoms with Crippen LogP contribution < -0.4 is 0 Å². The summed E-state index contributed by atoms with van der Waals surface area (Å²) in [6.45, 7) is 5.89. The average molecular weight is 206 g/mol. The molecule has 0 aliphatic rings. The van der Waals surface area contributed by atoms with Gasteiger partial charge in [-0.3, -0.25) is 0 Å². The van der Waals surface area contributed by atoms with E-state index in [0.717, 1.165) is 0 Å². The van der Waals surface area contributed by atoms with E-state index in [0.29, 0.717) is 17.9 Å². The topological polar surface area (TPSA) is 35.5 Å². The molecule has 1 aromatic carbocycles. The smallest absolute Gasteiger partial charge is 0.338 e. The molecule has 1 aromatic rings. The third-order valence-electron chi connectivity index (χ3n) is 1.67. The summed E-state index contributed by atoms with van der Waals surface area (Å²) < 4.78 is 10.0. The molecular weight excluding hydrogens is 192 g/mol. The van der Waals surface area contributed by atoms with E-state index in [1.165, 1.54) is 0 Å². The van der Waals surface area contributed by atoms with Gasteiger partial charge in [0.1, 0.15) is 13.2 Å². The molecular formula is C12H14O3. The molecule has 80 valence electrons. The zero-order valence-corrected chi connectivity index (χ0v) is 8.73. The molecule has 0 radical (unpaired) electrons. The third-order valence-corrected chi connectivity index (χ3v) is 1.67. The molecule has 3 nitrogen and oxygen atoms in total. The first-order valence-corrected chi connectivity index (χ1v) is 4.70. The van der Waals surface area contributed by atoms with Crippen molar-refractivity contribution in [2.75, 3.05) is 13.2 Å². The van der Waals surface area contributed by atoms with Gasteiger partial charge in [-0.1, -0.05) is 24.8 Å². The highest BCUT2D eigenvalue weighted by Gasteiger charge is 2.04. The molecule has 0 bridgehead atoms. The Balaban J connectivity index is 2.28. The summed E-state index contributed by atoms with van der Waals surface area (Å²) in [7, 11) is 0. The molecule has 0 saturated heterocycles. The Hall–Kier alpha value is -1.77.